The molecule has 136 valence electrons. The van der Waals surface area contributed by atoms with E-state index in [-0.39, 0.29) is 10.6 Å². The Kier molecular flexibility index (Phi) is 8.17. The standard InChI is InChI=1S/C15H17Cl2N3O5/c1-3-18-15(24)20-13(22)8(2)25-12(21)7-19-14(23)9-4-5-10(16)11(17)6-9/h4-6,8H,3,7H2,1-2H3,(H,19,23)(H2,18,20,22,24). The van der Waals surface area contributed by atoms with Gasteiger partial charge >= 0.3 is 12.0 Å². The molecule has 1 atom stereocenters. The fourth-order valence-corrected chi connectivity index (χ4v) is 1.90. The fourth-order valence-electron chi connectivity index (χ4n) is 1.60. The lowest BCUT2D eigenvalue weighted by atomic mass is 10.2. The van der Waals surface area contributed by atoms with Crippen molar-refractivity contribution < 1.29 is 23.9 Å². The van der Waals surface area contributed by atoms with Crippen LogP contribution in [0.2, 0.25) is 10.0 Å². The van der Waals surface area contributed by atoms with Crippen LogP contribution < -0.4 is 16.0 Å². The summed E-state index contributed by atoms with van der Waals surface area (Å²) >= 11 is 11.6. The molecule has 4 amide bonds. The van der Waals surface area contributed by atoms with Gasteiger partial charge in [0.1, 0.15) is 6.54 Å². The minimum atomic E-state index is -1.20. The summed E-state index contributed by atoms with van der Waals surface area (Å²) in [5.41, 5.74) is 0.212. The maximum Gasteiger partial charge on any atom is 0.326 e. The first kappa shape index (κ1) is 20.7. The number of hydrogen-bond donors (Lipinski definition) is 3. The summed E-state index contributed by atoms with van der Waals surface area (Å²) in [6, 6.07) is 3.55. The number of ether oxygens (including phenoxy) is 1. The van der Waals surface area contributed by atoms with Gasteiger partial charge in [0.25, 0.3) is 11.8 Å². The monoisotopic (exact) mass is 389 g/mol. The third-order valence-electron chi connectivity index (χ3n) is 2.83. The summed E-state index contributed by atoms with van der Waals surface area (Å²) in [5.74, 6) is -2.18. The van der Waals surface area contributed by atoms with Gasteiger partial charge in [-0.3, -0.25) is 19.7 Å². The van der Waals surface area contributed by atoms with Gasteiger partial charge in [-0.2, -0.15) is 0 Å². The number of esters is 1. The first-order chi connectivity index (χ1) is 11.7. The zero-order chi connectivity index (χ0) is 19.0. The Balaban J connectivity index is 2.45. The van der Waals surface area contributed by atoms with E-state index in [0.717, 1.165) is 0 Å². The molecule has 1 aromatic carbocycles. The van der Waals surface area contributed by atoms with Crippen LogP contribution in [0.1, 0.15) is 24.2 Å². The van der Waals surface area contributed by atoms with Crippen LogP contribution in [0.3, 0.4) is 0 Å². The van der Waals surface area contributed by atoms with Gasteiger partial charge in [-0.15, -0.1) is 0 Å². The third kappa shape index (κ3) is 6.98. The summed E-state index contributed by atoms with van der Waals surface area (Å²) in [6.45, 7) is 2.86. The average molecular weight is 390 g/mol. The molecule has 3 N–H and O–H groups in total. The van der Waals surface area contributed by atoms with Crippen LogP contribution in [-0.4, -0.2) is 43.0 Å². The molecule has 0 saturated carbocycles. The molecule has 1 rings (SSSR count). The molecule has 0 aromatic heterocycles. The van der Waals surface area contributed by atoms with E-state index in [1.54, 1.807) is 6.92 Å². The van der Waals surface area contributed by atoms with Crippen LogP contribution >= 0.6 is 23.2 Å². The second-order valence-corrected chi connectivity index (χ2v) is 5.61. The first-order valence-electron chi connectivity index (χ1n) is 7.26. The molecule has 1 aromatic rings. The minimum Gasteiger partial charge on any atom is -0.451 e. The number of nitrogens with one attached hydrogen (secondary N) is 3. The molecule has 0 fully saturated rings. The largest absolute Gasteiger partial charge is 0.451 e. The van der Waals surface area contributed by atoms with Crippen molar-refractivity contribution in [2.45, 2.75) is 20.0 Å². The number of rotatable bonds is 6. The average Bonchev–Trinajstić information content (AvgIpc) is 2.55. The van der Waals surface area contributed by atoms with Crippen LogP contribution in [0.4, 0.5) is 4.79 Å². The predicted octanol–water partition coefficient (Wildman–Crippen LogP) is 1.50. The molecule has 0 saturated heterocycles. The number of hydrogen-bond acceptors (Lipinski definition) is 5. The van der Waals surface area contributed by atoms with Gasteiger partial charge in [0, 0.05) is 12.1 Å². The molecule has 25 heavy (non-hydrogen) atoms. The number of imide groups is 1. The molecular formula is C15H17Cl2N3O5. The summed E-state index contributed by atoms with van der Waals surface area (Å²) in [4.78, 5) is 46.4. The molecule has 0 aliphatic rings. The van der Waals surface area contributed by atoms with Gasteiger partial charge in [0.2, 0.25) is 0 Å². The molecule has 0 aliphatic heterocycles. The summed E-state index contributed by atoms with van der Waals surface area (Å²) in [7, 11) is 0. The second kappa shape index (κ2) is 9.85. The number of carbonyl (C=O) groups is 4. The Labute approximate surface area is 154 Å². The smallest absolute Gasteiger partial charge is 0.326 e. The summed E-state index contributed by atoms with van der Waals surface area (Å²) in [6.07, 6.45) is -1.20. The SMILES string of the molecule is CCNC(=O)NC(=O)C(C)OC(=O)CNC(=O)c1ccc(Cl)c(Cl)c1. The highest BCUT2D eigenvalue weighted by Gasteiger charge is 2.20. The number of benzene rings is 1. The van der Waals surface area contributed by atoms with Gasteiger partial charge in [0.05, 0.1) is 10.0 Å². The third-order valence-corrected chi connectivity index (χ3v) is 3.57. The fraction of sp³-hybridized carbons (Fsp3) is 0.333. The molecule has 0 spiro atoms. The Morgan fingerprint density at radius 1 is 1.12 bits per heavy atom. The molecule has 0 bridgehead atoms. The maximum absolute atomic E-state index is 11.9. The van der Waals surface area contributed by atoms with E-state index < -0.39 is 36.5 Å². The first-order valence-corrected chi connectivity index (χ1v) is 8.01. The highest BCUT2D eigenvalue weighted by molar-refractivity contribution is 6.42. The normalized spacial score (nSPS) is 11.2. The van der Waals surface area contributed by atoms with Crippen LogP contribution in [0.25, 0.3) is 0 Å². The Morgan fingerprint density at radius 2 is 1.80 bits per heavy atom. The molecule has 8 nitrogen and oxygen atoms in total. The van der Waals surface area contributed by atoms with E-state index in [2.05, 4.69) is 10.6 Å². The van der Waals surface area contributed by atoms with Crippen molar-refractivity contribution in [2.75, 3.05) is 13.1 Å². The van der Waals surface area contributed by atoms with Gasteiger partial charge in [-0.1, -0.05) is 23.2 Å². The lowest BCUT2D eigenvalue weighted by molar-refractivity contribution is -0.153. The maximum atomic E-state index is 11.9. The van der Waals surface area contributed by atoms with Crippen LogP contribution in [0, 0.1) is 0 Å². The van der Waals surface area contributed by atoms with E-state index in [0.29, 0.717) is 11.6 Å². The van der Waals surface area contributed by atoms with E-state index in [1.165, 1.54) is 25.1 Å². The quantitative estimate of drug-likeness (QED) is 0.637. The zero-order valence-corrected chi connectivity index (χ0v) is 15.0. The molecule has 1 unspecified atom stereocenters. The van der Waals surface area contributed by atoms with Crippen molar-refractivity contribution in [2.24, 2.45) is 0 Å². The number of halogens is 2. The molecule has 10 heteroatoms. The van der Waals surface area contributed by atoms with E-state index in [1.807, 2.05) is 5.32 Å². The molecule has 0 heterocycles. The lowest BCUT2D eigenvalue weighted by Crippen LogP contribution is -2.45. The van der Waals surface area contributed by atoms with Crippen LogP contribution in [0.15, 0.2) is 18.2 Å². The predicted molar refractivity (Wildman–Crippen MR) is 91.6 cm³/mol. The van der Waals surface area contributed by atoms with Crippen LogP contribution in [0.5, 0.6) is 0 Å². The van der Waals surface area contributed by atoms with Gasteiger partial charge in [-0.25, -0.2) is 4.79 Å². The Morgan fingerprint density at radius 3 is 2.40 bits per heavy atom. The molecular weight excluding hydrogens is 373 g/mol. The zero-order valence-electron chi connectivity index (χ0n) is 13.5. The van der Waals surface area contributed by atoms with Crippen molar-refractivity contribution in [1.29, 1.82) is 0 Å². The number of carbonyl (C=O) groups excluding carboxylic acids is 4. The second-order valence-electron chi connectivity index (χ2n) is 4.79. The topological polar surface area (TPSA) is 114 Å². The van der Waals surface area contributed by atoms with Crippen molar-refractivity contribution in [3.8, 4) is 0 Å². The number of amides is 4. The highest BCUT2D eigenvalue weighted by atomic mass is 35.5. The van der Waals surface area contributed by atoms with E-state index in [9.17, 15) is 19.2 Å². The lowest BCUT2D eigenvalue weighted by Gasteiger charge is -2.13. The van der Waals surface area contributed by atoms with Crippen LogP contribution in [-0.2, 0) is 14.3 Å². The Bertz CT molecular complexity index is 681. The van der Waals surface area contributed by atoms with Crippen molar-refractivity contribution in [3.63, 3.8) is 0 Å². The van der Waals surface area contributed by atoms with Gasteiger partial charge < -0.3 is 15.4 Å². The van der Waals surface area contributed by atoms with Crippen molar-refractivity contribution in [3.05, 3.63) is 33.8 Å². The number of urea groups is 1. The van der Waals surface area contributed by atoms with Gasteiger partial charge in [0.15, 0.2) is 6.10 Å². The summed E-state index contributed by atoms with van der Waals surface area (Å²) in [5, 5.41) is 7.19. The molecule has 0 radical (unpaired) electrons. The minimum absolute atomic E-state index is 0.201. The van der Waals surface area contributed by atoms with E-state index >= 15 is 0 Å². The van der Waals surface area contributed by atoms with Gasteiger partial charge in [-0.05, 0) is 32.0 Å². The Hall–Kier alpha value is -2.32. The molecule has 0 aliphatic carbocycles. The summed E-state index contributed by atoms with van der Waals surface area (Å²) < 4.78 is 4.83. The van der Waals surface area contributed by atoms with E-state index in [4.69, 9.17) is 27.9 Å². The van der Waals surface area contributed by atoms with Crippen molar-refractivity contribution >= 4 is 47.0 Å². The highest BCUT2D eigenvalue weighted by Crippen LogP contribution is 2.22. The van der Waals surface area contributed by atoms with Crippen molar-refractivity contribution in [1.82, 2.24) is 16.0 Å².